The van der Waals surface area contributed by atoms with E-state index in [1.54, 1.807) is 0 Å². The molecule has 0 aliphatic carbocycles. The third-order valence-electron chi connectivity index (χ3n) is 3.86. The minimum Gasteiger partial charge on any atom is -0.508 e. The van der Waals surface area contributed by atoms with Crippen LogP contribution in [0.4, 0.5) is 0 Å². The van der Waals surface area contributed by atoms with Crippen LogP contribution in [0.5, 0.6) is 34.5 Å². The molecule has 0 unspecified atom stereocenters. The molecule has 0 radical (unpaired) electrons. The third kappa shape index (κ3) is 2.61. The number of hydrogen-bond donors (Lipinski definition) is 3. The van der Waals surface area contributed by atoms with Gasteiger partial charge in [0.2, 0.25) is 16.9 Å². The second-order valence-corrected chi connectivity index (χ2v) is 5.36. The molecule has 0 spiro atoms. The Bertz CT molecular complexity index is 1030. The summed E-state index contributed by atoms with van der Waals surface area (Å²) in [5.41, 5.74) is -0.322. The van der Waals surface area contributed by atoms with E-state index in [9.17, 15) is 20.1 Å². The van der Waals surface area contributed by atoms with Gasteiger partial charge in [0.25, 0.3) is 0 Å². The van der Waals surface area contributed by atoms with E-state index >= 15 is 0 Å². The van der Waals surface area contributed by atoms with E-state index < -0.39 is 11.2 Å². The van der Waals surface area contributed by atoms with E-state index in [4.69, 9.17) is 18.6 Å². The summed E-state index contributed by atoms with van der Waals surface area (Å²) in [6, 6.07) is 5.11. The molecular formula is C18H16O8. The average Bonchev–Trinajstić information content (AvgIpc) is 2.61. The first-order valence-corrected chi connectivity index (χ1v) is 7.43. The summed E-state index contributed by atoms with van der Waals surface area (Å²) in [6.45, 7) is 0. The van der Waals surface area contributed by atoms with Gasteiger partial charge in [-0.2, -0.15) is 0 Å². The molecule has 2 aromatic carbocycles. The minimum atomic E-state index is -0.618. The second-order valence-electron chi connectivity index (χ2n) is 5.36. The maximum atomic E-state index is 12.7. The Morgan fingerprint density at radius 1 is 0.885 bits per heavy atom. The number of phenols is 3. The number of benzene rings is 2. The molecule has 0 bridgehead atoms. The SMILES string of the molecule is COc1cc(-c2oc3cc(O)cc(O)c3c(=O)c2OC)cc(OC)c1O. The van der Waals surface area contributed by atoms with Gasteiger partial charge in [-0.15, -0.1) is 0 Å². The standard InChI is InChI=1S/C18H16O8/c1-23-12-4-8(5-13(24-2)15(12)21)17-18(25-3)16(22)14-10(20)6-9(19)7-11(14)26-17/h4-7,19-21H,1-3H3. The molecule has 0 aliphatic rings. The van der Waals surface area contributed by atoms with Crippen LogP contribution in [0.3, 0.4) is 0 Å². The second kappa shape index (κ2) is 6.40. The van der Waals surface area contributed by atoms with Crippen LogP contribution in [-0.4, -0.2) is 36.6 Å². The van der Waals surface area contributed by atoms with E-state index in [-0.39, 0.29) is 45.5 Å². The topological polar surface area (TPSA) is 119 Å². The van der Waals surface area contributed by atoms with Crippen molar-refractivity contribution in [2.24, 2.45) is 0 Å². The van der Waals surface area contributed by atoms with Crippen LogP contribution in [0.15, 0.2) is 33.5 Å². The molecule has 3 rings (SSSR count). The molecule has 3 aromatic rings. The van der Waals surface area contributed by atoms with E-state index in [0.29, 0.717) is 5.56 Å². The monoisotopic (exact) mass is 360 g/mol. The summed E-state index contributed by atoms with van der Waals surface area (Å²) in [5.74, 6) is -0.851. The number of fused-ring (bicyclic) bond motifs is 1. The number of hydrogen-bond acceptors (Lipinski definition) is 8. The van der Waals surface area contributed by atoms with Crippen LogP contribution in [0.25, 0.3) is 22.3 Å². The average molecular weight is 360 g/mol. The van der Waals surface area contributed by atoms with Crippen LogP contribution < -0.4 is 19.6 Å². The zero-order valence-electron chi connectivity index (χ0n) is 14.2. The Morgan fingerprint density at radius 2 is 1.50 bits per heavy atom. The van der Waals surface area contributed by atoms with Gasteiger partial charge in [0.05, 0.1) is 21.3 Å². The van der Waals surface area contributed by atoms with Crippen molar-refractivity contribution in [3.05, 3.63) is 34.5 Å². The first kappa shape index (κ1) is 17.3. The summed E-state index contributed by atoms with van der Waals surface area (Å²) in [7, 11) is 4.01. The number of ether oxygens (including phenoxy) is 3. The Hall–Kier alpha value is -3.55. The first-order valence-electron chi connectivity index (χ1n) is 7.43. The lowest BCUT2D eigenvalue weighted by Crippen LogP contribution is -2.08. The fraction of sp³-hybridized carbons (Fsp3) is 0.167. The van der Waals surface area contributed by atoms with Crippen molar-refractivity contribution in [3.8, 4) is 45.8 Å². The van der Waals surface area contributed by atoms with Gasteiger partial charge in [-0.3, -0.25) is 4.79 Å². The first-order chi connectivity index (χ1) is 12.4. The highest BCUT2D eigenvalue weighted by molar-refractivity contribution is 5.88. The van der Waals surface area contributed by atoms with Gasteiger partial charge in [0, 0.05) is 17.7 Å². The molecule has 0 amide bonds. The van der Waals surface area contributed by atoms with Crippen LogP contribution in [0, 0.1) is 0 Å². The Balaban J connectivity index is 2.40. The van der Waals surface area contributed by atoms with Crippen LogP contribution in [0.2, 0.25) is 0 Å². The number of aromatic hydroxyl groups is 3. The molecule has 8 nitrogen and oxygen atoms in total. The van der Waals surface area contributed by atoms with Gasteiger partial charge in [0.15, 0.2) is 17.3 Å². The number of rotatable bonds is 4. The van der Waals surface area contributed by atoms with E-state index in [2.05, 4.69) is 0 Å². The molecule has 0 aliphatic heterocycles. The number of phenolic OH excluding ortho intramolecular Hbond substituents is 3. The van der Waals surface area contributed by atoms with Crippen molar-refractivity contribution >= 4 is 11.0 Å². The predicted octanol–water partition coefficient (Wildman–Crippen LogP) is 2.60. The molecule has 26 heavy (non-hydrogen) atoms. The third-order valence-corrected chi connectivity index (χ3v) is 3.86. The molecule has 1 aromatic heterocycles. The van der Waals surface area contributed by atoms with Gasteiger partial charge < -0.3 is 33.9 Å². The molecule has 0 saturated carbocycles. The lowest BCUT2D eigenvalue weighted by Gasteiger charge is -2.13. The highest BCUT2D eigenvalue weighted by Crippen LogP contribution is 2.43. The largest absolute Gasteiger partial charge is 0.508 e. The summed E-state index contributed by atoms with van der Waals surface area (Å²) < 4.78 is 21.1. The molecule has 1 heterocycles. The van der Waals surface area contributed by atoms with Gasteiger partial charge in [0.1, 0.15) is 22.5 Å². The lowest BCUT2D eigenvalue weighted by atomic mass is 10.1. The van der Waals surface area contributed by atoms with Crippen molar-refractivity contribution in [2.45, 2.75) is 0 Å². The van der Waals surface area contributed by atoms with Crippen molar-refractivity contribution in [2.75, 3.05) is 21.3 Å². The Morgan fingerprint density at radius 3 is 2.04 bits per heavy atom. The summed E-state index contributed by atoms with van der Waals surface area (Å²) in [5, 5.41) is 29.6. The zero-order valence-corrected chi connectivity index (χ0v) is 14.2. The highest BCUT2D eigenvalue weighted by Gasteiger charge is 2.22. The zero-order chi connectivity index (χ0) is 19.0. The maximum absolute atomic E-state index is 12.7. The molecule has 0 saturated heterocycles. The lowest BCUT2D eigenvalue weighted by molar-refractivity contribution is 0.340. The molecule has 0 fully saturated rings. The van der Waals surface area contributed by atoms with Crippen LogP contribution >= 0.6 is 0 Å². The van der Waals surface area contributed by atoms with Crippen molar-refractivity contribution in [3.63, 3.8) is 0 Å². The van der Waals surface area contributed by atoms with Crippen molar-refractivity contribution in [1.29, 1.82) is 0 Å². The number of methoxy groups -OCH3 is 3. The smallest absolute Gasteiger partial charge is 0.239 e. The van der Waals surface area contributed by atoms with Crippen molar-refractivity contribution < 1.29 is 33.9 Å². The molecule has 136 valence electrons. The summed E-state index contributed by atoms with van der Waals surface area (Å²) in [6.07, 6.45) is 0. The molecule has 3 N–H and O–H groups in total. The highest BCUT2D eigenvalue weighted by atomic mass is 16.5. The fourth-order valence-corrected chi connectivity index (χ4v) is 2.67. The molecule has 0 atom stereocenters. The van der Waals surface area contributed by atoms with E-state index in [0.717, 1.165) is 6.07 Å². The maximum Gasteiger partial charge on any atom is 0.239 e. The summed E-state index contributed by atoms with van der Waals surface area (Å²) in [4.78, 5) is 12.7. The van der Waals surface area contributed by atoms with Crippen LogP contribution in [0.1, 0.15) is 0 Å². The Kier molecular flexibility index (Phi) is 4.25. The quantitative estimate of drug-likeness (QED) is 0.650. The van der Waals surface area contributed by atoms with Gasteiger partial charge in [-0.25, -0.2) is 0 Å². The van der Waals surface area contributed by atoms with Gasteiger partial charge in [-0.1, -0.05) is 0 Å². The molecular weight excluding hydrogens is 344 g/mol. The van der Waals surface area contributed by atoms with E-state index in [1.165, 1.54) is 39.5 Å². The van der Waals surface area contributed by atoms with Gasteiger partial charge in [-0.05, 0) is 12.1 Å². The Labute approximate surface area is 147 Å². The normalized spacial score (nSPS) is 10.7. The molecule has 8 heteroatoms. The van der Waals surface area contributed by atoms with Gasteiger partial charge >= 0.3 is 0 Å². The summed E-state index contributed by atoms with van der Waals surface area (Å²) >= 11 is 0. The van der Waals surface area contributed by atoms with E-state index in [1.807, 2.05) is 0 Å². The van der Waals surface area contributed by atoms with Crippen molar-refractivity contribution in [1.82, 2.24) is 0 Å². The predicted molar refractivity (Wildman–Crippen MR) is 92.6 cm³/mol. The van der Waals surface area contributed by atoms with Crippen LogP contribution in [-0.2, 0) is 0 Å². The fourth-order valence-electron chi connectivity index (χ4n) is 2.67. The minimum absolute atomic E-state index is 0.0200.